The van der Waals surface area contributed by atoms with E-state index in [1.54, 1.807) is 11.3 Å². The van der Waals surface area contributed by atoms with Gasteiger partial charge < -0.3 is 15.8 Å². The van der Waals surface area contributed by atoms with Crippen molar-refractivity contribution in [1.29, 1.82) is 0 Å². The summed E-state index contributed by atoms with van der Waals surface area (Å²) in [4.78, 5) is 27.9. The van der Waals surface area contributed by atoms with Crippen molar-refractivity contribution in [2.75, 3.05) is 26.2 Å². The summed E-state index contributed by atoms with van der Waals surface area (Å²) >= 11 is 1.55. The molecule has 2 aliphatic heterocycles. The number of hydrogen-bond acceptors (Lipinski definition) is 5. The molecular weight excluding hydrogens is 374 g/mol. The first-order valence-electron chi connectivity index (χ1n) is 9.66. The molecule has 0 radical (unpaired) electrons. The predicted molar refractivity (Wildman–Crippen MR) is 108 cm³/mol. The Morgan fingerprint density at radius 1 is 1.21 bits per heavy atom. The number of nitrogens with two attached hydrogens (primary N) is 1. The van der Waals surface area contributed by atoms with Crippen molar-refractivity contribution in [2.24, 2.45) is 5.73 Å². The lowest BCUT2D eigenvalue weighted by molar-refractivity contribution is -0.123. The molecule has 2 aliphatic rings. The normalized spacial score (nSPS) is 18.6. The van der Waals surface area contributed by atoms with Crippen LogP contribution in [0.1, 0.15) is 38.5 Å². The van der Waals surface area contributed by atoms with Crippen molar-refractivity contribution in [3.05, 3.63) is 57.3 Å². The predicted octanol–water partition coefficient (Wildman–Crippen LogP) is 2.03. The van der Waals surface area contributed by atoms with Crippen LogP contribution in [0.5, 0.6) is 0 Å². The van der Waals surface area contributed by atoms with E-state index >= 15 is 0 Å². The number of carbonyl (C=O) groups is 2. The second-order valence-electron chi connectivity index (χ2n) is 7.47. The zero-order valence-electron chi connectivity index (χ0n) is 15.8. The Morgan fingerprint density at radius 3 is 2.68 bits per heavy atom. The van der Waals surface area contributed by atoms with E-state index in [-0.39, 0.29) is 17.4 Å². The van der Waals surface area contributed by atoms with Crippen molar-refractivity contribution in [3.63, 3.8) is 0 Å². The van der Waals surface area contributed by atoms with Crippen LogP contribution in [0, 0.1) is 0 Å². The minimum Gasteiger partial charge on any atom is -0.369 e. The summed E-state index contributed by atoms with van der Waals surface area (Å²) < 4.78 is 6.24. The molecule has 1 aromatic carbocycles. The van der Waals surface area contributed by atoms with Crippen molar-refractivity contribution in [2.45, 2.75) is 31.4 Å². The second kappa shape index (κ2) is 8.03. The van der Waals surface area contributed by atoms with Crippen LogP contribution in [0.3, 0.4) is 0 Å². The Balaban J connectivity index is 1.46. The van der Waals surface area contributed by atoms with E-state index in [0.29, 0.717) is 19.7 Å². The van der Waals surface area contributed by atoms with E-state index in [0.717, 1.165) is 42.8 Å². The Hall–Kier alpha value is -2.22. The molecule has 7 heteroatoms. The first-order chi connectivity index (χ1) is 13.6. The zero-order chi connectivity index (χ0) is 19.6. The summed E-state index contributed by atoms with van der Waals surface area (Å²) in [5, 5.41) is 3.02. The monoisotopic (exact) mass is 399 g/mol. The maximum atomic E-state index is 12.7. The number of benzene rings is 1. The van der Waals surface area contributed by atoms with E-state index in [2.05, 4.69) is 10.2 Å². The molecule has 4 rings (SSSR count). The number of ether oxygens (including phenoxy) is 1. The maximum absolute atomic E-state index is 12.7. The number of rotatable bonds is 5. The van der Waals surface area contributed by atoms with E-state index < -0.39 is 0 Å². The minimum absolute atomic E-state index is 0.0374. The Morgan fingerprint density at radius 2 is 1.96 bits per heavy atom. The van der Waals surface area contributed by atoms with Gasteiger partial charge in [-0.05, 0) is 36.5 Å². The topological polar surface area (TPSA) is 84.7 Å². The largest absolute Gasteiger partial charge is 0.369 e. The lowest BCUT2D eigenvalue weighted by atomic mass is 9.85. The van der Waals surface area contributed by atoms with Gasteiger partial charge in [-0.3, -0.25) is 14.5 Å². The van der Waals surface area contributed by atoms with Gasteiger partial charge in [-0.2, -0.15) is 0 Å². The van der Waals surface area contributed by atoms with Gasteiger partial charge in [-0.25, -0.2) is 0 Å². The molecule has 0 bridgehead atoms. The van der Waals surface area contributed by atoms with Gasteiger partial charge in [0.1, 0.15) is 5.60 Å². The van der Waals surface area contributed by atoms with Crippen LogP contribution in [0.2, 0.25) is 0 Å². The van der Waals surface area contributed by atoms with Gasteiger partial charge in [0.05, 0.1) is 18.0 Å². The molecule has 3 heterocycles. The summed E-state index contributed by atoms with van der Waals surface area (Å²) in [6.45, 7) is 3.03. The lowest BCUT2D eigenvalue weighted by Crippen LogP contribution is -2.48. The molecule has 1 fully saturated rings. The first-order valence-corrected chi connectivity index (χ1v) is 10.5. The van der Waals surface area contributed by atoms with Crippen LogP contribution in [-0.4, -0.2) is 43.0 Å². The fourth-order valence-corrected chi connectivity index (χ4v) is 5.39. The molecule has 28 heavy (non-hydrogen) atoms. The van der Waals surface area contributed by atoms with Crippen molar-refractivity contribution >= 4 is 23.2 Å². The standard InChI is InChI=1S/C21H25N3O3S/c22-18(25)14-24-9-7-21(8-10-24)19-16(6-11-27-21)12-17(28-19)20(26)23-13-15-4-2-1-3-5-15/h1-5,12H,6-11,13-14H2,(H2,22,25)(H,23,26). The third-order valence-corrected chi connectivity index (χ3v) is 6.90. The van der Waals surface area contributed by atoms with Gasteiger partial charge in [0.15, 0.2) is 0 Å². The maximum Gasteiger partial charge on any atom is 0.261 e. The first kappa shape index (κ1) is 19.1. The number of nitrogens with zero attached hydrogens (tertiary/aromatic N) is 1. The molecule has 148 valence electrons. The second-order valence-corrected chi connectivity index (χ2v) is 8.52. The number of fused-ring (bicyclic) bond motifs is 2. The summed E-state index contributed by atoms with van der Waals surface area (Å²) in [6.07, 6.45) is 2.47. The summed E-state index contributed by atoms with van der Waals surface area (Å²) in [5.41, 5.74) is 7.30. The van der Waals surface area contributed by atoms with Crippen LogP contribution in [-0.2, 0) is 28.1 Å². The molecule has 6 nitrogen and oxygen atoms in total. The number of amides is 2. The molecule has 3 N–H and O–H groups in total. The van der Waals surface area contributed by atoms with Crippen LogP contribution in [0.4, 0.5) is 0 Å². The molecular formula is C21H25N3O3S. The lowest BCUT2D eigenvalue weighted by Gasteiger charge is -2.43. The molecule has 0 aliphatic carbocycles. The minimum atomic E-state index is -0.329. The van der Waals surface area contributed by atoms with E-state index in [9.17, 15) is 9.59 Å². The zero-order valence-corrected chi connectivity index (χ0v) is 16.6. The Bertz CT molecular complexity index is 857. The highest BCUT2D eigenvalue weighted by atomic mass is 32.1. The molecule has 2 aromatic rings. The van der Waals surface area contributed by atoms with Crippen molar-refractivity contribution in [1.82, 2.24) is 10.2 Å². The van der Waals surface area contributed by atoms with Crippen molar-refractivity contribution in [3.8, 4) is 0 Å². The third kappa shape index (κ3) is 3.97. The van der Waals surface area contributed by atoms with Gasteiger partial charge in [0, 0.05) is 24.5 Å². The number of piperidine rings is 1. The number of primary amides is 1. The number of hydrogen-bond donors (Lipinski definition) is 2. The summed E-state index contributed by atoms with van der Waals surface area (Å²) in [5.74, 6) is -0.334. The SMILES string of the molecule is NC(=O)CN1CCC2(CC1)OCCc1cc(C(=O)NCc3ccccc3)sc12. The fraction of sp³-hybridized carbons (Fsp3) is 0.429. The summed E-state index contributed by atoms with van der Waals surface area (Å²) in [6, 6.07) is 11.9. The average Bonchev–Trinajstić information content (AvgIpc) is 3.15. The van der Waals surface area contributed by atoms with Crippen LogP contribution in [0.25, 0.3) is 0 Å². The van der Waals surface area contributed by atoms with E-state index in [1.165, 1.54) is 10.4 Å². The third-order valence-electron chi connectivity index (χ3n) is 5.54. The van der Waals surface area contributed by atoms with Crippen LogP contribution >= 0.6 is 11.3 Å². The molecule has 2 amide bonds. The molecule has 1 saturated heterocycles. The van der Waals surface area contributed by atoms with Gasteiger partial charge in [-0.1, -0.05) is 30.3 Å². The van der Waals surface area contributed by atoms with E-state index in [1.807, 2.05) is 36.4 Å². The smallest absolute Gasteiger partial charge is 0.261 e. The van der Waals surface area contributed by atoms with E-state index in [4.69, 9.17) is 10.5 Å². The van der Waals surface area contributed by atoms with Crippen LogP contribution < -0.4 is 11.1 Å². The summed E-state index contributed by atoms with van der Waals surface area (Å²) in [7, 11) is 0. The van der Waals surface area contributed by atoms with Crippen molar-refractivity contribution < 1.29 is 14.3 Å². The molecule has 0 atom stereocenters. The molecule has 0 saturated carbocycles. The highest BCUT2D eigenvalue weighted by molar-refractivity contribution is 7.14. The number of nitrogens with one attached hydrogen (secondary N) is 1. The highest BCUT2D eigenvalue weighted by Crippen LogP contribution is 2.45. The number of carbonyl (C=O) groups excluding carboxylic acids is 2. The Labute approximate surface area is 168 Å². The molecule has 1 aromatic heterocycles. The number of thiophene rings is 1. The average molecular weight is 400 g/mol. The quantitative estimate of drug-likeness (QED) is 0.806. The van der Waals surface area contributed by atoms with Crippen LogP contribution in [0.15, 0.2) is 36.4 Å². The van der Waals surface area contributed by atoms with Gasteiger partial charge in [-0.15, -0.1) is 11.3 Å². The molecule has 0 unspecified atom stereocenters. The highest BCUT2D eigenvalue weighted by Gasteiger charge is 2.42. The Kier molecular flexibility index (Phi) is 5.48. The molecule has 1 spiro atoms. The number of likely N-dealkylation sites (tertiary alicyclic amines) is 1. The van der Waals surface area contributed by atoms with Gasteiger partial charge in [0.2, 0.25) is 5.91 Å². The van der Waals surface area contributed by atoms with Gasteiger partial charge in [0.25, 0.3) is 5.91 Å². The van der Waals surface area contributed by atoms with Gasteiger partial charge >= 0.3 is 0 Å². The fourth-order valence-electron chi connectivity index (χ4n) is 4.06.